The van der Waals surface area contributed by atoms with Gasteiger partial charge in [0.25, 0.3) is 0 Å². The summed E-state index contributed by atoms with van der Waals surface area (Å²) in [6, 6.07) is 8.90. The topological polar surface area (TPSA) is 12.5 Å². The van der Waals surface area contributed by atoms with Crippen molar-refractivity contribution in [3.8, 4) is 5.75 Å². The third-order valence-corrected chi connectivity index (χ3v) is 14.4. The maximum Gasteiger partial charge on any atom is 0.154 e. The summed E-state index contributed by atoms with van der Waals surface area (Å²) in [5.41, 5.74) is 2.38. The van der Waals surface area contributed by atoms with Crippen molar-refractivity contribution >= 4 is 13.9 Å². The van der Waals surface area contributed by atoms with E-state index in [1.165, 1.54) is 44.2 Å². The molecule has 3 heteroatoms. The summed E-state index contributed by atoms with van der Waals surface area (Å²) < 4.78 is 8.34. The third kappa shape index (κ3) is 3.98. The number of fused-ring (bicyclic) bond motifs is 3. The van der Waals surface area contributed by atoms with E-state index in [4.69, 9.17) is 4.74 Å². The molecule has 0 N–H and O–H groups in total. The van der Waals surface area contributed by atoms with Crippen molar-refractivity contribution < 1.29 is 4.74 Å². The number of anilines is 1. The molecule has 1 aromatic rings. The molecule has 3 aliphatic carbocycles. The first-order chi connectivity index (χ1) is 14.6. The lowest BCUT2D eigenvalue weighted by Crippen LogP contribution is -2.62. The van der Waals surface area contributed by atoms with Gasteiger partial charge in [-0.25, -0.2) is 0 Å². The van der Waals surface area contributed by atoms with E-state index in [2.05, 4.69) is 76.5 Å². The van der Waals surface area contributed by atoms with Crippen molar-refractivity contribution in [1.29, 1.82) is 0 Å². The smallest absolute Gasteiger partial charge is 0.154 e. The highest BCUT2D eigenvalue weighted by Gasteiger charge is 2.59. The molecular formula is C28H47NOSi. The zero-order valence-electron chi connectivity index (χ0n) is 21.4. The molecular weight excluding hydrogens is 394 g/mol. The Morgan fingerprint density at radius 2 is 1.52 bits per heavy atom. The lowest BCUT2D eigenvalue weighted by molar-refractivity contribution is 0.0501. The van der Waals surface area contributed by atoms with Crippen LogP contribution in [0.1, 0.15) is 73.1 Å². The summed E-state index contributed by atoms with van der Waals surface area (Å²) in [5.74, 6) is 6.64. The fourth-order valence-electron chi connectivity index (χ4n) is 8.92. The van der Waals surface area contributed by atoms with E-state index in [0.717, 1.165) is 46.8 Å². The Kier molecular flexibility index (Phi) is 6.31. The highest BCUT2D eigenvalue weighted by Crippen LogP contribution is 2.64. The van der Waals surface area contributed by atoms with Crippen molar-refractivity contribution in [2.45, 2.75) is 97.3 Å². The molecule has 0 aliphatic heterocycles. The molecule has 0 saturated heterocycles. The quantitative estimate of drug-likeness (QED) is 0.439. The highest BCUT2D eigenvalue weighted by atomic mass is 28.3. The molecule has 0 heterocycles. The first-order valence-corrected chi connectivity index (χ1v) is 16.0. The summed E-state index contributed by atoms with van der Waals surface area (Å²) in [6.45, 7) is 17.9. The molecule has 3 saturated carbocycles. The minimum atomic E-state index is -1.78. The van der Waals surface area contributed by atoms with Gasteiger partial charge in [-0.3, -0.25) is 0 Å². The summed E-state index contributed by atoms with van der Waals surface area (Å²) in [7, 11) is -0.0182. The van der Waals surface area contributed by atoms with E-state index < -0.39 is 8.24 Å². The minimum Gasteiger partial charge on any atom is -0.497 e. The minimum absolute atomic E-state index is 0.118. The van der Waals surface area contributed by atoms with Gasteiger partial charge < -0.3 is 9.30 Å². The zero-order chi connectivity index (χ0) is 22.6. The van der Waals surface area contributed by atoms with Crippen LogP contribution in [0.3, 0.4) is 0 Å². The summed E-state index contributed by atoms with van der Waals surface area (Å²) >= 11 is 0. The van der Waals surface area contributed by atoms with Crippen LogP contribution < -0.4 is 9.30 Å². The first kappa shape index (κ1) is 23.2. The van der Waals surface area contributed by atoms with Crippen molar-refractivity contribution in [2.24, 2.45) is 35.5 Å². The Hall–Kier alpha value is -0.963. The molecule has 7 unspecified atom stereocenters. The fourth-order valence-corrected chi connectivity index (χ4v) is 14.8. The predicted octanol–water partition coefficient (Wildman–Crippen LogP) is 7.99. The second-order valence-electron chi connectivity index (χ2n) is 12.6. The molecule has 4 rings (SSSR count). The number of methoxy groups -OCH3 is 1. The van der Waals surface area contributed by atoms with Crippen LogP contribution in [0.2, 0.25) is 18.6 Å². The Labute approximate surface area is 193 Å². The van der Waals surface area contributed by atoms with Crippen LogP contribution in [0.5, 0.6) is 5.75 Å². The molecule has 1 aromatic carbocycles. The van der Waals surface area contributed by atoms with Gasteiger partial charge >= 0.3 is 0 Å². The van der Waals surface area contributed by atoms with Gasteiger partial charge in [0.1, 0.15) is 5.75 Å². The number of rotatable bonds is 4. The summed E-state index contributed by atoms with van der Waals surface area (Å²) in [6.07, 6.45) is 8.99. The van der Waals surface area contributed by atoms with Gasteiger partial charge in [0.15, 0.2) is 8.24 Å². The van der Waals surface area contributed by atoms with Crippen molar-refractivity contribution in [1.82, 2.24) is 0 Å². The monoisotopic (exact) mass is 441 g/mol. The van der Waals surface area contributed by atoms with Crippen LogP contribution in [0, 0.1) is 35.5 Å². The molecule has 3 aliphatic rings. The third-order valence-electron chi connectivity index (χ3n) is 9.69. The largest absolute Gasteiger partial charge is 0.497 e. The molecule has 31 heavy (non-hydrogen) atoms. The molecule has 7 atom stereocenters. The molecule has 0 bridgehead atoms. The van der Waals surface area contributed by atoms with Crippen LogP contribution >= 0.6 is 0 Å². The van der Waals surface area contributed by atoms with Gasteiger partial charge in [0.2, 0.25) is 0 Å². The van der Waals surface area contributed by atoms with Crippen LogP contribution in [0.25, 0.3) is 0 Å². The van der Waals surface area contributed by atoms with Gasteiger partial charge in [-0.1, -0.05) is 46.2 Å². The Morgan fingerprint density at radius 3 is 2.13 bits per heavy atom. The first-order valence-electron chi connectivity index (χ1n) is 13.0. The predicted molar refractivity (Wildman–Crippen MR) is 136 cm³/mol. The number of hydrogen-bond acceptors (Lipinski definition) is 2. The molecule has 0 aromatic heterocycles. The van der Waals surface area contributed by atoms with Gasteiger partial charge in [0, 0.05) is 11.2 Å². The average Bonchev–Trinajstić information content (AvgIpc) is 2.98. The maximum atomic E-state index is 5.46. The van der Waals surface area contributed by atoms with Crippen molar-refractivity contribution in [3.05, 3.63) is 24.3 Å². The highest BCUT2D eigenvalue weighted by molar-refractivity contribution is 6.82. The maximum absolute atomic E-state index is 5.46. The lowest BCUT2D eigenvalue weighted by atomic mass is 9.61. The Bertz CT molecular complexity index is 751. The van der Waals surface area contributed by atoms with Gasteiger partial charge in [0.05, 0.1) is 7.11 Å². The Balaban J connectivity index is 1.71. The lowest BCUT2D eigenvalue weighted by Gasteiger charge is -2.54. The van der Waals surface area contributed by atoms with E-state index in [1.54, 1.807) is 7.11 Å². The summed E-state index contributed by atoms with van der Waals surface area (Å²) in [5, 5.41) is 0. The van der Waals surface area contributed by atoms with E-state index in [0.29, 0.717) is 0 Å². The summed E-state index contributed by atoms with van der Waals surface area (Å²) in [4.78, 5) is 0. The van der Waals surface area contributed by atoms with Crippen LogP contribution in [0.15, 0.2) is 24.3 Å². The molecule has 0 radical (unpaired) electrons. The molecule has 0 spiro atoms. The molecule has 174 valence electrons. The van der Waals surface area contributed by atoms with Crippen molar-refractivity contribution in [3.63, 3.8) is 0 Å². The average molecular weight is 442 g/mol. The molecule has 2 nitrogen and oxygen atoms in total. The second-order valence-corrected chi connectivity index (χ2v) is 17.1. The standard InChI is InChI=1S/C28H47NOSi/c1-19-20(2)27(25-18-13-21-11-9-10-12-24(21)26(19)25)31(7,8)29(28(3,4)5)22-14-16-23(30-6)17-15-22/h14-17,19-21,24-27H,9-13,18H2,1-8H3. The van der Waals surface area contributed by atoms with Gasteiger partial charge in [-0.15, -0.1) is 0 Å². The zero-order valence-corrected chi connectivity index (χ0v) is 22.4. The Morgan fingerprint density at radius 1 is 0.871 bits per heavy atom. The van der Waals surface area contributed by atoms with Crippen molar-refractivity contribution in [2.75, 3.05) is 11.7 Å². The number of nitrogens with zero attached hydrogens (tertiary/aromatic N) is 1. The number of hydrogen-bond donors (Lipinski definition) is 0. The van der Waals surface area contributed by atoms with E-state index in [9.17, 15) is 0 Å². The fraction of sp³-hybridized carbons (Fsp3) is 0.786. The second kappa shape index (κ2) is 8.43. The normalized spacial score (nSPS) is 35.9. The van der Waals surface area contributed by atoms with E-state index >= 15 is 0 Å². The van der Waals surface area contributed by atoms with E-state index in [-0.39, 0.29) is 5.54 Å². The van der Waals surface area contributed by atoms with Crippen LogP contribution in [-0.2, 0) is 0 Å². The van der Waals surface area contributed by atoms with Gasteiger partial charge in [-0.2, -0.15) is 0 Å². The van der Waals surface area contributed by atoms with Crippen LogP contribution in [-0.4, -0.2) is 20.9 Å². The van der Waals surface area contributed by atoms with Gasteiger partial charge in [-0.05, 0) is 105 Å². The van der Waals surface area contributed by atoms with Crippen LogP contribution in [0.4, 0.5) is 5.69 Å². The van der Waals surface area contributed by atoms with E-state index in [1.807, 2.05) is 0 Å². The number of ether oxygens (including phenoxy) is 1. The SMILES string of the molecule is COc1ccc(N(C(C)(C)C)[Si](C)(C)C2C(C)C(C)C3C4CCCCC4CCC32)cc1. The number of benzene rings is 1. The molecule has 0 amide bonds. The molecule has 3 fully saturated rings.